The minimum absolute atomic E-state index is 0.138. The van der Waals surface area contributed by atoms with Gasteiger partial charge in [0.25, 0.3) is 0 Å². The number of benzene rings is 1. The van der Waals surface area contributed by atoms with Gasteiger partial charge in [-0.15, -0.1) is 0 Å². The molecule has 0 aliphatic heterocycles. The molecule has 0 amide bonds. The molecule has 0 fully saturated rings. The largest absolute Gasteiger partial charge is 0.505 e. The molecule has 0 bridgehead atoms. The normalized spacial score (nSPS) is 9.62. The predicted octanol–water partition coefficient (Wildman–Crippen LogP) is 2.58. The number of hydrogen-bond donors (Lipinski definition) is 1. The summed E-state index contributed by atoms with van der Waals surface area (Å²) >= 11 is 5.84. The molecule has 4 heteroatoms. The van der Waals surface area contributed by atoms with Crippen molar-refractivity contribution in [3.63, 3.8) is 0 Å². The van der Waals surface area contributed by atoms with E-state index in [0.717, 1.165) is 5.56 Å². The van der Waals surface area contributed by atoms with Crippen molar-refractivity contribution in [1.82, 2.24) is 0 Å². The minimum atomic E-state index is -1.26. The quantitative estimate of drug-likeness (QED) is 0.763. The summed E-state index contributed by atoms with van der Waals surface area (Å²) in [6, 6.07) is 7.27. The first-order valence-corrected chi connectivity index (χ1v) is 4.17. The third kappa shape index (κ3) is 3.34. The zero-order valence-electron chi connectivity index (χ0n) is 6.87. The van der Waals surface area contributed by atoms with Crippen molar-refractivity contribution < 1.29 is 14.6 Å². The minimum Gasteiger partial charge on any atom is -0.450 e. The highest BCUT2D eigenvalue weighted by Crippen LogP contribution is 2.15. The summed E-state index contributed by atoms with van der Waals surface area (Å²) in [5, 5.41) is 8.84. The fourth-order valence-electron chi connectivity index (χ4n) is 0.949. The Labute approximate surface area is 80.9 Å². The number of rotatable bonds is 3. The number of ether oxygens (including phenoxy) is 1. The van der Waals surface area contributed by atoms with Crippen LogP contribution in [0.2, 0.25) is 5.02 Å². The standard InChI is InChI=1S/C9H9ClO3/c10-8-4-2-1-3-7(8)5-6-13-9(11)12/h1-4H,5-6H2,(H,11,12). The van der Waals surface area contributed by atoms with Crippen molar-refractivity contribution in [2.45, 2.75) is 6.42 Å². The van der Waals surface area contributed by atoms with Gasteiger partial charge < -0.3 is 9.84 Å². The molecule has 0 aliphatic carbocycles. The lowest BCUT2D eigenvalue weighted by Gasteiger charge is -2.02. The molecule has 13 heavy (non-hydrogen) atoms. The van der Waals surface area contributed by atoms with Gasteiger partial charge in [-0.1, -0.05) is 29.8 Å². The van der Waals surface area contributed by atoms with Gasteiger partial charge in [0, 0.05) is 11.4 Å². The molecule has 0 radical (unpaired) electrons. The summed E-state index contributed by atoms with van der Waals surface area (Å²) in [6.45, 7) is 0.138. The molecule has 1 aromatic rings. The highest BCUT2D eigenvalue weighted by atomic mass is 35.5. The highest BCUT2D eigenvalue weighted by Gasteiger charge is 2.00. The van der Waals surface area contributed by atoms with Gasteiger partial charge in [0.05, 0.1) is 6.61 Å². The fourth-order valence-corrected chi connectivity index (χ4v) is 1.18. The molecule has 3 nitrogen and oxygen atoms in total. The molecule has 0 aromatic heterocycles. The molecule has 0 saturated heterocycles. The van der Waals surface area contributed by atoms with E-state index >= 15 is 0 Å². The van der Waals surface area contributed by atoms with Crippen molar-refractivity contribution in [1.29, 1.82) is 0 Å². The van der Waals surface area contributed by atoms with Gasteiger partial charge in [-0.25, -0.2) is 4.79 Å². The third-order valence-electron chi connectivity index (χ3n) is 1.55. The van der Waals surface area contributed by atoms with E-state index in [0.29, 0.717) is 11.4 Å². The van der Waals surface area contributed by atoms with Crippen molar-refractivity contribution in [3.8, 4) is 0 Å². The van der Waals surface area contributed by atoms with E-state index in [4.69, 9.17) is 16.7 Å². The summed E-state index contributed by atoms with van der Waals surface area (Å²) in [7, 11) is 0. The summed E-state index contributed by atoms with van der Waals surface area (Å²) in [5.41, 5.74) is 0.894. The molecular formula is C9H9ClO3. The van der Waals surface area contributed by atoms with E-state index in [1.807, 2.05) is 18.2 Å². The van der Waals surface area contributed by atoms with Crippen LogP contribution in [0.15, 0.2) is 24.3 Å². The first kappa shape index (κ1) is 9.86. The number of carbonyl (C=O) groups is 1. The SMILES string of the molecule is O=C(O)OCCc1ccccc1Cl. The molecule has 0 atom stereocenters. The van der Waals surface area contributed by atoms with Gasteiger partial charge >= 0.3 is 6.16 Å². The van der Waals surface area contributed by atoms with E-state index in [9.17, 15) is 4.79 Å². The fraction of sp³-hybridized carbons (Fsp3) is 0.222. The lowest BCUT2D eigenvalue weighted by atomic mass is 10.2. The Kier molecular flexibility index (Phi) is 3.58. The van der Waals surface area contributed by atoms with Gasteiger partial charge in [-0.3, -0.25) is 0 Å². The average molecular weight is 201 g/mol. The van der Waals surface area contributed by atoms with Crippen LogP contribution >= 0.6 is 11.6 Å². The molecule has 0 unspecified atom stereocenters. The summed E-state index contributed by atoms with van der Waals surface area (Å²) < 4.78 is 4.36. The van der Waals surface area contributed by atoms with Crippen LogP contribution in [-0.2, 0) is 11.2 Å². The molecular weight excluding hydrogens is 192 g/mol. The number of carboxylic acid groups (broad SMARTS) is 1. The zero-order chi connectivity index (χ0) is 9.68. The van der Waals surface area contributed by atoms with Crippen molar-refractivity contribution in [2.75, 3.05) is 6.61 Å². The Balaban J connectivity index is 2.45. The van der Waals surface area contributed by atoms with Gasteiger partial charge in [0.1, 0.15) is 0 Å². The summed E-state index contributed by atoms with van der Waals surface area (Å²) in [5.74, 6) is 0. The first-order chi connectivity index (χ1) is 6.20. The smallest absolute Gasteiger partial charge is 0.450 e. The van der Waals surface area contributed by atoms with Crippen LogP contribution in [0.3, 0.4) is 0 Å². The van der Waals surface area contributed by atoms with Gasteiger partial charge in [-0.05, 0) is 11.6 Å². The highest BCUT2D eigenvalue weighted by molar-refractivity contribution is 6.31. The van der Waals surface area contributed by atoms with E-state index in [1.54, 1.807) is 6.07 Å². The Hall–Kier alpha value is -1.22. The van der Waals surface area contributed by atoms with Crippen LogP contribution in [0.5, 0.6) is 0 Å². The maximum atomic E-state index is 10.0. The van der Waals surface area contributed by atoms with Gasteiger partial charge in [0.15, 0.2) is 0 Å². The molecule has 0 heterocycles. The summed E-state index contributed by atoms with van der Waals surface area (Å²) in [4.78, 5) is 10.0. The second-order valence-electron chi connectivity index (χ2n) is 2.46. The Morgan fingerprint density at radius 2 is 2.15 bits per heavy atom. The molecule has 0 saturated carbocycles. The molecule has 1 rings (SSSR count). The lowest BCUT2D eigenvalue weighted by Crippen LogP contribution is -2.04. The maximum Gasteiger partial charge on any atom is 0.505 e. The monoisotopic (exact) mass is 200 g/mol. The second-order valence-corrected chi connectivity index (χ2v) is 2.86. The summed E-state index contributed by atoms with van der Waals surface area (Å²) in [6.07, 6.45) is -0.751. The lowest BCUT2D eigenvalue weighted by molar-refractivity contribution is 0.0927. The van der Waals surface area contributed by atoms with Gasteiger partial charge in [0.2, 0.25) is 0 Å². The Morgan fingerprint density at radius 1 is 1.46 bits per heavy atom. The number of halogens is 1. The van der Waals surface area contributed by atoms with E-state index in [-0.39, 0.29) is 6.61 Å². The van der Waals surface area contributed by atoms with Crippen LogP contribution < -0.4 is 0 Å². The molecule has 0 aliphatic rings. The maximum absolute atomic E-state index is 10.0. The van der Waals surface area contributed by atoms with Crippen LogP contribution in [0.4, 0.5) is 4.79 Å². The second kappa shape index (κ2) is 4.72. The van der Waals surface area contributed by atoms with Crippen molar-refractivity contribution in [3.05, 3.63) is 34.9 Å². The zero-order valence-corrected chi connectivity index (χ0v) is 7.62. The predicted molar refractivity (Wildman–Crippen MR) is 49.1 cm³/mol. The topological polar surface area (TPSA) is 46.5 Å². The van der Waals surface area contributed by atoms with Crippen LogP contribution in [0.25, 0.3) is 0 Å². The van der Waals surface area contributed by atoms with E-state index < -0.39 is 6.16 Å². The van der Waals surface area contributed by atoms with Crippen molar-refractivity contribution >= 4 is 17.8 Å². The van der Waals surface area contributed by atoms with Crippen LogP contribution in [-0.4, -0.2) is 17.9 Å². The first-order valence-electron chi connectivity index (χ1n) is 3.79. The van der Waals surface area contributed by atoms with E-state index in [1.165, 1.54) is 0 Å². The third-order valence-corrected chi connectivity index (χ3v) is 1.92. The Morgan fingerprint density at radius 3 is 2.77 bits per heavy atom. The molecule has 1 N–H and O–H groups in total. The Bertz CT molecular complexity index is 299. The van der Waals surface area contributed by atoms with Gasteiger partial charge in [-0.2, -0.15) is 0 Å². The average Bonchev–Trinajstić information content (AvgIpc) is 2.08. The van der Waals surface area contributed by atoms with Crippen LogP contribution in [0.1, 0.15) is 5.56 Å². The molecule has 70 valence electrons. The van der Waals surface area contributed by atoms with E-state index in [2.05, 4.69) is 4.74 Å². The van der Waals surface area contributed by atoms with Crippen LogP contribution in [0, 0.1) is 0 Å². The van der Waals surface area contributed by atoms with Crippen molar-refractivity contribution in [2.24, 2.45) is 0 Å². The molecule has 0 spiro atoms. The molecule has 1 aromatic carbocycles. The number of hydrogen-bond acceptors (Lipinski definition) is 2.